The number of carbonyl (C=O) groups is 2. The molecule has 2 N–H and O–H groups in total. The van der Waals surface area contributed by atoms with Gasteiger partial charge in [0.25, 0.3) is 11.8 Å². The Bertz CT molecular complexity index is 761. The summed E-state index contributed by atoms with van der Waals surface area (Å²) in [5.41, 5.74) is 0.730. The number of likely N-dealkylation sites (N-methyl/N-ethyl adjacent to an activating group) is 1. The molecule has 25 heavy (non-hydrogen) atoms. The van der Waals surface area contributed by atoms with Gasteiger partial charge in [0.2, 0.25) is 0 Å². The van der Waals surface area contributed by atoms with E-state index in [1.807, 2.05) is 7.05 Å². The number of piperidine rings is 1. The summed E-state index contributed by atoms with van der Waals surface area (Å²) in [6.07, 6.45) is 4.57. The van der Waals surface area contributed by atoms with E-state index in [0.29, 0.717) is 18.7 Å². The summed E-state index contributed by atoms with van der Waals surface area (Å²) in [6, 6.07) is 5.52. The molecule has 3 rings (SSSR count). The van der Waals surface area contributed by atoms with E-state index in [2.05, 4.69) is 10.6 Å². The van der Waals surface area contributed by atoms with Gasteiger partial charge in [0.05, 0.1) is 23.1 Å². The van der Waals surface area contributed by atoms with Crippen molar-refractivity contribution in [3.8, 4) is 0 Å². The molecule has 132 valence electrons. The highest BCUT2D eigenvalue weighted by molar-refractivity contribution is 6.08. The normalized spacial score (nSPS) is 17.4. The van der Waals surface area contributed by atoms with E-state index in [0.717, 1.165) is 18.9 Å². The average molecular weight is 345 g/mol. The van der Waals surface area contributed by atoms with Crippen molar-refractivity contribution >= 4 is 17.5 Å². The smallest absolute Gasteiger partial charge is 0.258 e. The van der Waals surface area contributed by atoms with Gasteiger partial charge in [0.1, 0.15) is 12.1 Å². The number of furan rings is 1. The third kappa shape index (κ3) is 3.88. The molecule has 1 atom stereocenters. The van der Waals surface area contributed by atoms with Gasteiger partial charge in [-0.3, -0.25) is 9.59 Å². The van der Waals surface area contributed by atoms with E-state index in [9.17, 15) is 14.0 Å². The average Bonchev–Trinajstić information content (AvgIpc) is 3.16. The summed E-state index contributed by atoms with van der Waals surface area (Å²) in [4.78, 5) is 26.8. The molecule has 1 aliphatic rings. The molecule has 2 aromatic rings. The minimum Gasteiger partial charge on any atom is -0.472 e. The number of anilines is 1. The Kier molecular flexibility index (Phi) is 5.14. The van der Waals surface area contributed by atoms with E-state index in [1.54, 1.807) is 4.90 Å². The van der Waals surface area contributed by atoms with Crippen molar-refractivity contribution in [2.75, 3.05) is 25.5 Å². The van der Waals surface area contributed by atoms with E-state index < -0.39 is 11.7 Å². The van der Waals surface area contributed by atoms with Crippen LogP contribution in [-0.2, 0) is 0 Å². The largest absolute Gasteiger partial charge is 0.472 e. The molecule has 6 nitrogen and oxygen atoms in total. The van der Waals surface area contributed by atoms with Gasteiger partial charge in [-0.25, -0.2) is 4.39 Å². The fourth-order valence-corrected chi connectivity index (χ4v) is 2.96. The molecule has 0 saturated carbocycles. The van der Waals surface area contributed by atoms with Crippen LogP contribution in [0, 0.1) is 5.82 Å². The molecule has 0 spiro atoms. The van der Waals surface area contributed by atoms with Crippen LogP contribution < -0.4 is 10.6 Å². The monoisotopic (exact) mass is 345 g/mol. The summed E-state index contributed by atoms with van der Waals surface area (Å²) in [5, 5.41) is 5.78. The highest BCUT2D eigenvalue weighted by Crippen LogP contribution is 2.22. The zero-order valence-corrected chi connectivity index (χ0v) is 13.9. The van der Waals surface area contributed by atoms with Crippen LogP contribution in [-0.4, -0.2) is 42.9 Å². The first-order chi connectivity index (χ1) is 12.1. The van der Waals surface area contributed by atoms with Crippen LogP contribution in [0.25, 0.3) is 0 Å². The van der Waals surface area contributed by atoms with Gasteiger partial charge in [-0.1, -0.05) is 0 Å². The van der Waals surface area contributed by atoms with Crippen molar-refractivity contribution in [2.24, 2.45) is 0 Å². The number of nitrogens with one attached hydrogen (secondary N) is 2. The summed E-state index contributed by atoms with van der Waals surface area (Å²) in [7, 11) is 1.87. The maximum atomic E-state index is 13.7. The molecule has 1 aromatic heterocycles. The molecule has 2 amide bonds. The van der Waals surface area contributed by atoms with Gasteiger partial charge in [0, 0.05) is 19.1 Å². The van der Waals surface area contributed by atoms with Crippen molar-refractivity contribution in [2.45, 2.75) is 18.9 Å². The van der Waals surface area contributed by atoms with Crippen LogP contribution in [0.5, 0.6) is 0 Å². The van der Waals surface area contributed by atoms with Crippen molar-refractivity contribution in [3.05, 3.63) is 53.7 Å². The molecule has 1 aromatic carbocycles. The molecule has 1 unspecified atom stereocenters. The lowest BCUT2D eigenvalue weighted by molar-refractivity contribution is 0.0699. The number of hydrogen-bond donors (Lipinski definition) is 2. The van der Waals surface area contributed by atoms with Crippen molar-refractivity contribution < 1.29 is 18.4 Å². The Morgan fingerprint density at radius 2 is 2.16 bits per heavy atom. The van der Waals surface area contributed by atoms with Crippen molar-refractivity contribution in [1.82, 2.24) is 10.2 Å². The van der Waals surface area contributed by atoms with Crippen LogP contribution >= 0.6 is 0 Å². The second-order valence-corrected chi connectivity index (χ2v) is 6.04. The summed E-state index contributed by atoms with van der Waals surface area (Å²) in [6.45, 7) is 1.23. The first-order valence-electron chi connectivity index (χ1n) is 8.18. The van der Waals surface area contributed by atoms with Crippen LogP contribution in [0.2, 0.25) is 0 Å². The fraction of sp³-hybridized carbons (Fsp3) is 0.333. The number of benzene rings is 1. The summed E-state index contributed by atoms with van der Waals surface area (Å²) in [5.74, 6) is -1.20. The van der Waals surface area contributed by atoms with E-state index in [1.165, 1.54) is 30.7 Å². The number of hydrogen-bond acceptors (Lipinski definition) is 4. The molecular weight excluding hydrogens is 325 g/mol. The first kappa shape index (κ1) is 17.2. The summed E-state index contributed by atoms with van der Waals surface area (Å²) < 4.78 is 18.5. The maximum Gasteiger partial charge on any atom is 0.258 e. The van der Waals surface area contributed by atoms with Crippen molar-refractivity contribution in [1.29, 1.82) is 0 Å². The van der Waals surface area contributed by atoms with E-state index in [4.69, 9.17) is 4.42 Å². The fourth-order valence-electron chi connectivity index (χ4n) is 2.96. The second-order valence-electron chi connectivity index (χ2n) is 6.04. The Hall–Kier alpha value is -2.67. The third-order valence-corrected chi connectivity index (χ3v) is 4.36. The van der Waals surface area contributed by atoms with Gasteiger partial charge in [-0.05, 0) is 44.2 Å². The minimum absolute atomic E-state index is 0.155. The lowest BCUT2D eigenvalue weighted by Gasteiger charge is -2.33. The van der Waals surface area contributed by atoms with Gasteiger partial charge in [-0.15, -0.1) is 0 Å². The highest BCUT2D eigenvalue weighted by Gasteiger charge is 2.26. The topological polar surface area (TPSA) is 74.6 Å². The number of rotatable bonds is 4. The van der Waals surface area contributed by atoms with Crippen LogP contribution in [0.4, 0.5) is 10.1 Å². The Balaban J connectivity index is 1.83. The lowest BCUT2D eigenvalue weighted by atomic mass is 10.0. The van der Waals surface area contributed by atoms with Crippen molar-refractivity contribution in [3.63, 3.8) is 0 Å². The minimum atomic E-state index is -0.522. The molecule has 2 heterocycles. The molecule has 0 radical (unpaired) electrons. The molecular formula is C18H20FN3O3. The maximum absolute atomic E-state index is 13.7. The standard InChI is InChI=1S/C18H20FN3O3/c1-20-14-3-2-7-22(10-14)18(24)15-5-4-13(19)9-16(15)21-17(23)12-6-8-25-11-12/h4-6,8-9,11,14,20H,2-3,7,10H2,1H3,(H,21,23). The van der Waals surface area contributed by atoms with E-state index >= 15 is 0 Å². The Labute approximate surface area is 145 Å². The molecule has 0 bridgehead atoms. The zero-order chi connectivity index (χ0) is 17.8. The first-order valence-corrected chi connectivity index (χ1v) is 8.18. The highest BCUT2D eigenvalue weighted by atomic mass is 19.1. The second kappa shape index (κ2) is 7.48. The van der Waals surface area contributed by atoms with Gasteiger partial charge >= 0.3 is 0 Å². The third-order valence-electron chi connectivity index (χ3n) is 4.36. The predicted molar refractivity (Wildman–Crippen MR) is 91.0 cm³/mol. The zero-order valence-electron chi connectivity index (χ0n) is 13.9. The molecule has 1 fully saturated rings. The van der Waals surface area contributed by atoms with Crippen LogP contribution in [0.1, 0.15) is 33.6 Å². The van der Waals surface area contributed by atoms with Gasteiger partial charge in [0.15, 0.2) is 0 Å². The van der Waals surface area contributed by atoms with E-state index in [-0.39, 0.29) is 23.2 Å². The Morgan fingerprint density at radius 3 is 2.88 bits per heavy atom. The molecule has 1 aliphatic heterocycles. The number of halogens is 1. The van der Waals surface area contributed by atoms with Gasteiger partial charge < -0.3 is 20.0 Å². The number of likely N-dealkylation sites (tertiary alicyclic amines) is 1. The lowest BCUT2D eigenvalue weighted by Crippen LogP contribution is -2.47. The predicted octanol–water partition coefficient (Wildman–Crippen LogP) is 2.50. The van der Waals surface area contributed by atoms with Crippen LogP contribution in [0.3, 0.4) is 0 Å². The molecule has 7 heteroatoms. The number of carbonyl (C=O) groups excluding carboxylic acids is 2. The SMILES string of the molecule is CNC1CCCN(C(=O)c2ccc(F)cc2NC(=O)c2ccoc2)C1. The Morgan fingerprint density at radius 1 is 1.32 bits per heavy atom. The summed E-state index contributed by atoms with van der Waals surface area (Å²) >= 11 is 0. The molecule has 1 saturated heterocycles. The molecule has 0 aliphatic carbocycles. The number of nitrogens with zero attached hydrogens (tertiary/aromatic N) is 1. The van der Waals surface area contributed by atoms with Gasteiger partial charge in [-0.2, -0.15) is 0 Å². The van der Waals surface area contributed by atoms with Crippen LogP contribution in [0.15, 0.2) is 41.2 Å². The quantitative estimate of drug-likeness (QED) is 0.893. The number of amides is 2.